The molecule has 0 unspecified atom stereocenters. The van der Waals surface area contributed by atoms with E-state index in [-0.39, 0.29) is 12.3 Å². The molecule has 2 nitrogen and oxygen atoms in total. The molecule has 0 fully saturated rings. The van der Waals surface area contributed by atoms with Crippen LogP contribution in [-0.4, -0.2) is 12.3 Å². The second-order valence-electron chi connectivity index (χ2n) is 2.33. The number of benzene rings is 1. The monoisotopic (exact) mass is 160 g/mol. The topological polar surface area (TPSA) is 21.4 Å². The van der Waals surface area contributed by atoms with Gasteiger partial charge >= 0.3 is 6.54 Å². The van der Waals surface area contributed by atoms with Crippen LogP contribution in [0, 0.1) is 6.07 Å². The van der Waals surface area contributed by atoms with E-state index in [0.29, 0.717) is 5.56 Å². The number of Topliss-reactive ketones (excluding diaryl/α,β-unsaturated/α-hetero) is 1. The van der Waals surface area contributed by atoms with E-state index in [1.165, 1.54) is 0 Å². The Morgan fingerprint density at radius 3 is 2.67 bits per heavy atom. The zero-order valence-electron chi connectivity index (χ0n) is 6.95. The number of carbonyl (C=O) groups excluding carboxylic acids is 1. The smallest absolute Gasteiger partial charge is 0.286 e. The van der Waals surface area contributed by atoms with Crippen LogP contribution in [0.15, 0.2) is 30.3 Å². The normalized spacial score (nSPS) is 8.42. The number of hydrogen-bond acceptors (Lipinski definition) is 1. The Morgan fingerprint density at radius 1 is 1.42 bits per heavy atom. The summed E-state index contributed by atoms with van der Waals surface area (Å²) < 4.78 is 0. The van der Waals surface area contributed by atoms with E-state index in [4.69, 9.17) is 0 Å². The largest absolute Gasteiger partial charge is 0.325 e. The number of rotatable bonds is 2. The van der Waals surface area contributed by atoms with Crippen molar-refractivity contribution >= 4 is 5.78 Å². The summed E-state index contributed by atoms with van der Waals surface area (Å²) in [6.07, 6.45) is 0. The van der Waals surface area contributed by atoms with Crippen LogP contribution in [0.4, 0.5) is 0 Å². The van der Waals surface area contributed by atoms with Crippen molar-refractivity contribution in [2.75, 3.05) is 6.54 Å². The van der Waals surface area contributed by atoms with Crippen molar-refractivity contribution in [3.63, 3.8) is 0 Å². The first-order chi connectivity index (χ1) is 5.84. The highest BCUT2D eigenvalue weighted by atomic mass is 16.1. The minimum absolute atomic E-state index is 0.0324. The molecule has 0 spiro atoms. The van der Waals surface area contributed by atoms with E-state index in [1.807, 2.05) is 18.2 Å². The third kappa shape index (κ3) is 2.21. The number of ketones is 1. The van der Waals surface area contributed by atoms with Crippen LogP contribution in [0.2, 0.25) is 0 Å². The Hall–Kier alpha value is -1.62. The van der Waals surface area contributed by atoms with Gasteiger partial charge in [0.05, 0.1) is 6.92 Å². The molecule has 0 N–H and O–H groups in total. The highest BCUT2D eigenvalue weighted by molar-refractivity contribution is 5.98. The zero-order chi connectivity index (χ0) is 8.81. The summed E-state index contributed by atoms with van der Waals surface area (Å²) in [5.41, 5.74) is 0.705. The summed E-state index contributed by atoms with van der Waals surface area (Å²) in [6.45, 7) is 1.87. The predicted molar refractivity (Wildman–Crippen MR) is 48.6 cm³/mol. The molecule has 0 saturated heterocycles. The van der Waals surface area contributed by atoms with Gasteiger partial charge in [0.2, 0.25) is 5.78 Å². The van der Waals surface area contributed by atoms with Gasteiger partial charge in [0, 0.05) is 5.56 Å². The lowest BCUT2D eigenvalue weighted by Crippen LogP contribution is -2.00. The maximum Gasteiger partial charge on any atom is 0.325 e. The summed E-state index contributed by atoms with van der Waals surface area (Å²) in [5.74, 6) is 0.0324. The Balaban J connectivity index is 2.70. The van der Waals surface area contributed by atoms with E-state index < -0.39 is 0 Å². The molecule has 0 bridgehead atoms. The first-order valence-electron chi connectivity index (χ1n) is 3.76. The lowest BCUT2D eigenvalue weighted by Gasteiger charge is -1.89. The van der Waals surface area contributed by atoms with Gasteiger partial charge in [0.1, 0.15) is 0 Å². The molecular formula is C10H10NO+. The SMILES string of the molecule is CC#[N+]CC(=O)c1ccccc1. The average molecular weight is 160 g/mol. The minimum atomic E-state index is 0.0324. The van der Waals surface area contributed by atoms with Crippen molar-refractivity contribution in [2.24, 2.45) is 0 Å². The van der Waals surface area contributed by atoms with Crippen LogP contribution in [-0.2, 0) is 0 Å². The van der Waals surface area contributed by atoms with Crippen LogP contribution in [0.25, 0.3) is 4.85 Å². The van der Waals surface area contributed by atoms with Crippen LogP contribution in [0.1, 0.15) is 17.3 Å². The van der Waals surface area contributed by atoms with Crippen molar-refractivity contribution in [3.05, 3.63) is 40.7 Å². The number of nitrogens with zero attached hydrogens (tertiary/aromatic N) is 1. The van der Waals surface area contributed by atoms with Crippen molar-refractivity contribution in [2.45, 2.75) is 6.92 Å². The fraction of sp³-hybridized carbons (Fsp3) is 0.200. The Labute approximate surface area is 71.7 Å². The van der Waals surface area contributed by atoms with E-state index in [1.54, 1.807) is 19.1 Å². The van der Waals surface area contributed by atoms with Gasteiger partial charge in [-0.2, -0.15) is 0 Å². The molecule has 60 valence electrons. The third-order valence-corrected chi connectivity index (χ3v) is 1.48. The molecule has 1 aromatic rings. The molecule has 1 rings (SSSR count). The lowest BCUT2D eigenvalue weighted by molar-refractivity contribution is 0.101. The fourth-order valence-corrected chi connectivity index (χ4v) is 0.866. The molecule has 0 aromatic heterocycles. The Morgan fingerprint density at radius 2 is 2.08 bits per heavy atom. The highest BCUT2D eigenvalue weighted by Gasteiger charge is 2.08. The van der Waals surface area contributed by atoms with Gasteiger partial charge in [-0.05, 0) is 0 Å². The maximum atomic E-state index is 11.3. The molecular weight excluding hydrogens is 150 g/mol. The zero-order valence-corrected chi connectivity index (χ0v) is 6.95. The first kappa shape index (κ1) is 8.48. The molecule has 0 atom stereocenters. The van der Waals surface area contributed by atoms with Crippen LogP contribution < -0.4 is 0 Å². The molecule has 0 aliphatic rings. The van der Waals surface area contributed by atoms with Crippen molar-refractivity contribution in [1.82, 2.24) is 0 Å². The summed E-state index contributed by atoms with van der Waals surface area (Å²) in [4.78, 5) is 15.0. The molecule has 0 amide bonds. The van der Waals surface area contributed by atoms with Gasteiger partial charge in [-0.3, -0.25) is 4.79 Å². The van der Waals surface area contributed by atoms with Gasteiger partial charge in [0.25, 0.3) is 6.07 Å². The summed E-state index contributed by atoms with van der Waals surface area (Å²) in [6, 6.07) is 11.7. The van der Waals surface area contributed by atoms with Crippen LogP contribution in [0.5, 0.6) is 0 Å². The molecule has 0 heterocycles. The molecule has 0 aliphatic heterocycles. The average Bonchev–Trinajstić information content (AvgIpc) is 2.15. The number of hydrogen-bond donors (Lipinski definition) is 0. The van der Waals surface area contributed by atoms with Crippen LogP contribution >= 0.6 is 0 Å². The molecule has 0 aliphatic carbocycles. The number of carbonyl (C=O) groups is 1. The van der Waals surface area contributed by atoms with Gasteiger partial charge in [-0.25, -0.2) is 0 Å². The predicted octanol–water partition coefficient (Wildman–Crippen LogP) is 2.22. The molecule has 0 saturated carbocycles. The van der Waals surface area contributed by atoms with Gasteiger partial charge in [-0.15, -0.1) is 0 Å². The minimum Gasteiger partial charge on any atom is -0.286 e. The second-order valence-corrected chi connectivity index (χ2v) is 2.33. The third-order valence-electron chi connectivity index (χ3n) is 1.48. The van der Waals surface area contributed by atoms with E-state index in [9.17, 15) is 4.79 Å². The molecule has 12 heavy (non-hydrogen) atoms. The quantitative estimate of drug-likeness (QED) is 0.608. The summed E-state index contributed by atoms with van der Waals surface area (Å²) in [5, 5.41) is 0. The van der Waals surface area contributed by atoms with Crippen molar-refractivity contribution < 1.29 is 4.79 Å². The summed E-state index contributed by atoms with van der Waals surface area (Å²) in [7, 11) is 0. The van der Waals surface area contributed by atoms with Gasteiger partial charge in [-0.1, -0.05) is 35.2 Å². The molecule has 0 radical (unpaired) electrons. The fourth-order valence-electron chi connectivity index (χ4n) is 0.866. The lowest BCUT2D eigenvalue weighted by atomic mass is 10.1. The summed E-state index contributed by atoms with van der Waals surface area (Å²) >= 11 is 0. The van der Waals surface area contributed by atoms with Crippen LogP contribution in [0.3, 0.4) is 0 Å². The van der Waals surface area contributed by atoms with E-state index >= 15 is 0 Å². The van der Waals surface area contributed by atoms with E-state index in [0.717, 1.165) is 0 Å². The second kappa shape index (κ2) is 4.30. The van der Waals surface area contributed by atoms with Crippen molar-refractivity contribution in [1.29, 1.82) is 0 Å². The van der Waals surface area contributed by atoms with Gasteiger partial charge < -0.3 is 0 Å². The van der Waals surface area contributed by atoms with Crippen molar-refractivity contribution in [3.8, 4) is 6.07 Å². The highest BCUT2D eigenvalue weighted by Crippen LogP contribution is 1.99. The van der Waals surface area contributed by atoms with E-state index in [2.05, 4.69) is 10.9 Å². The maximum absolute atomic E-state index is 11.3. The molecule has 2 heteroatoms. The standard InChI is InChI=1S/C10H10NO/c1-2-11-8-10(12)9-6-4-3-5-7-9/h3-7H,8H2,1H3/q+1. The Bertz CT molecular complexity index is 319. The van der Waals surface area contributed by atoms with Gasteiger partial charge in [0.15, 0.2) is 0 Å². The first-order valence-corrected chi connectivity index (χ1v) is 3.76. The Kier molecular flexibility index (Phi) is 3.04. The molecule has 1 aromatic carbocycles.